The van der Waals surface area contributed by atoms with Crippen LogP contribution >= 0.6 is 21.6 Å². The molecule has 0 aliphatic carbocycles. The number of rotatable bonds is 6. The van der Waals surface area contributed by atoms with Gasteiger partial charge in [0.25, 0.3) is 5.69 Å². The number of nitro benzene ring substituents is 1. The van der Waals surface area contributed by atoms with Crippen molar-refractivity contribution in [3.63, 3.8) is 0 Å². The van der Waals surface area contributed by atoms with Crippen molar-refractivity contribution in [2.24, 2.45) is 0 Å². The molecule has 1 aromatic carbocycles. The SMILES string of the molecule is CCSSCCc1ccccc1[N+](=O)[O-]. The van der Waals surface area contributed by atoms with E-state index in [9.17, 15) is 10.1 Å². The summed E-state index contributed by atoms with van der Waals surface area (Å²) < 4.78 is 0. The van der Waals surface area contributed by atoms with E-state index in [4.69, 9.17) is 0 Å². The van der Waals surface area contributed by atoms with Crippen LogP contribution in [0.5, 0.6) is 0 Å². The summed E-state index contributed by atoms with van der Waals surface area (Å²) in [5.74, 6) is 1.99. The van der Waals surface area contributed by atoms with E-state index >= 15 is 0 Å². The summed E-state index contributed by atoms with van der Waals surface area (Å²) in [5.41, 5.74) is 1.06. The van der Waals surface area contributed by atoms with E-state index in [-0.39, 0.29) is 10.6 Å². The lowest BCUT2D eigenvalue weighted by atomic mass is 10.1. The molecule has 0 fully saturated rings. The molecule has 0 aromatic heterocycles. The van der Waals surface area contributed by atoms with Gasteiger partial charge in [-0.2, -0.15) is 0 Å². The zero-order valence-corrected chi connectivity index (χ0v) is 10.1. The number of hydrogen-bond donors (Lipinski definition) is 0. The number of aryl methyl sites for hydroxylation is 1. The monoisotopic (exact) mass is 243 g/mol. The first-order valence-corrected chi connectivity index (χ1v) is 7.21. The molecular formula is C10H13NO2S2. The molecule has 82 valence electrons. The molecule has 3 nitrogen and oxygen atoms in total. The molecular weight excluding hydrogens is 230 g/mol. The first kappa shape index (κ1) is 12.4. The molecule has 5 heteroatoms. The third kappa shape index (κ3) is 4.13. The van der Waals surface area contributed by atoms with Crippen LogP contribution in [0, 0.1) is 10.1 Å². The second kappa shape index (κ2) is 6.74. The van der Waals surface area contributed by atoms with E-state index in [1.807, 2.05) is 12.1 Å². The van der Waals surface area contributed by atoms with Crippen LogP contribution in [0.15, 0.2) is 24.3 Å². The van der Waals surface area contributed by atoms with Gasteiger partial charge in [-0.3, -0.25) is 10.1 Å². The van der Waals surface area contributed by atoms with Gasteiger partial charge in [-0.05, 0) is 6.42 Å². The van der Waals surface area contributed by atoms with Gasteiger partial charge in [0, 0.05) is 23.1 Å². The summed E-state index contributed by atoms with van der Waals surface area (Å²) in [7, 11) is 3.55. The number of para-hydroxylation sites is 1. The van der Waals surface area contributed by atoms with Crippen LogP contribution in [-0.2, 0) is 6.42 Å². The van der Waals surface area contributed by atoms with E-state index in [2.05, 4.69) is 6.92 Å². The van der Waals surface area contributed by atoms with Crippen LogP contribution in [0.2, 0.25) is 0 Å². The molecule has 0 aliphatic rings. The molecule has 0 unspecified atom stereocenters. The van der Waals surface area contributed by atoms with Gasteiger partial charge in [0.1, 0.15) is 0 Å². The first-order valence-electron chi connectivity index (χ1n) is 4.72. The van der Waals surface area contributed by atoms with Crippen molar-refractivity contribution in [2.45, 2.75) is 13.3 Å². The van der Waals surface area contributed by atoms with Crippen LogP contribution in [0.25, 0.3) is 0 Å². The van der Waals surface area contributed by atoms with Crippen LogP contribution in [0.1, 0.15) is 12.5 Å². The zero-order valence-electron chi connectivity index (χ0n) is 8.51. The molecule has 0 amide bonds. The Kier molecular flexibility index (Phi) is 5.57. The maximum absolute atomic E-state index is 10.7. The van der Waals surface area contributed by atoms with Crippen molar-refractivity contribution in [2.75, 3.05) is 11.5 Å². The Hall–Kier alpha value is -0.680. The average molecular weight is 243 g/mol. The second-order valence-corrected chi connectivity index (χ2v) is 5.74. The van der Waals surface area contributed by atoms with Crippen LogP contribution in [-0.4, -0.2) is 16.4 Å². The summed E-state index contributed by atoms with van der Waals surface area (Å²) >= 11 is 0. The first-order chi connectivity index (χ1) is 7.25. The Morgan fingerprint density at radius 2 is 2.07 bits per heavy atom. The minimum atomic E-state index is -0.313. The van der Waals surface area contributed by atoms with Crippen molar-refractivity contribution >= 4 is 27.3 Å². The summed E-state index contributed by atoms with van der Waals surface area (Å²) in [4.78, 5) is 10.4. The standard InChI is InChI=1S/C10H13NO2S2/c1-2-14-15-8-7-9-5-3-4-6-10(9)11(12)13/h3-6H,2,7-8H2,1H3. The van der Waals surface area contributed by atoms with Gasteiger partial charge in [0.2, 0.25) is 0 Å². The van der Waals surface area contributed by atoms with E-state index < -0.39 is 0 Å². The maximum atomic E-state index is 10.7. The molecule has 0 heterocycles. The van der Waals surface area contributed by atoms with Crippen molar-refractivity contribution in [3.8, 4) is 0 Å². The van der Waals surface area contributed by atoms with E-state index in [1.165, 1.54) is 0 Å². The third-order valence-electron chi connectivity index (χ3n) is 1.84. The van der Waals surface area contributed by atoms with Gasteiger partial charge in [0.15, 0.2) is 0 Å². The lowest BCUT2D eigenvalue weighted by Crippen LogP contribution is -1.96. The van der Waals surface area contributed by atoms with Gasteiger partial charge >= 0.3 is 0 Å². The van der Waals surface area contributed by atoms with Gasteiger partial charge < -0.3 is 0 Å². The average Bonchev–Trinajstić information content (AvgIpc) is 2.25. The maximum Gasteiger partial charge on any atom is 0.272 e. The van der Waals surface area contributed by atoms with Gasteiger partial charge in [-0.25, -0.2) is 0 Å². The number of nitrogens with zero attached hydrogens (tertiary/aromatic N) is 1. The fourth-order valence-electron chi connectivity index (χ4n) is 1.19. The summed E-state index contributed by atoms with van der Waals surface area (Å²) in [6.07, 6.45) is 0.759. The fraction of sp³-hybridized carbons (Fsp3) is 0.400. The highest BCUT2D eigenvalue weighted by Gasteiger charge is 2.11. The minimum Gasteiger partial charge on any atom is -0.258 e. The fourth-order valence-corrected chi connectivity index (χ4v) is 2.89. The third-order valence-corrected chi connectivity index (χ3v) is 4.32. The smallest absolute Gasteiger partial charge is 0.258 e. The van der Waals surface area contributed by atoms with Gasteiger partial charge in [-0.1, -0.05) is 46.7 Å². The van der Waals surface area contributed by atoms with E-state index in [1.54, 1.807) is 33.7 Å². The van der Waals surface area contributed by atoms with Crippen molar-refractivity contribution < 1.29 is 4.92 Å². The topological polar surface area (TPSA) is 43.1 Å². The Bertz CT molecular complexity index is 331. The van der Waals surface area contributed by atoms with Gasteiger partial charge in [0.05, 0.1) is 4.92 Å². The highest BCUT2D eigenvalue weighted by atomic mass is 33.1. The van der Waals surface area contributed by atoms with Crippen LogP contribution in [0.3, 0.4) is 0 Å². The zero-order chi connectivity index (χ0) is 11.1. The molecule has 0 radical (unpaired) electrons. The molecule has 0 bridgehead atoms. The van der Waals surface area contributed by atoms with Crippen molar-refractivity contribution in [1.82, 2.24) is 0 Å². The molecule has 15 heavy (non-hydrogen) atoms. The molecule has 0 aliphatic heterocycles. The number of benzene rings is 1. The number of nitro groups is 1. The highest BCUT2D eigenvalue weighted by Crippen LogP contribution is 2.24. The second-order valence-electron chi connectivity index (χ2n) is 2.86. The molecule has 0 N–H and O–H groups in total. The summed E-state index contributed by atoms with van der Waals surface area (Å²) in [6, 6.07) is 6.94. The van der Waals surface area contributed by atoms with Crippen molar-refractivity contribution in [1.29, 1.82) is 0 Å². The Labute approximate surface area is 97.2 Å². The molecule has 0 saturated carbocycles. The molecule has 0 atom stereocenters. The van der Waals surface area contributed by atoms with E-state index in [0.717, 1.165) is 23.5 Å². The number of hydrogen-bond acceptors (Lipinski definition) is 4. The van der Waals surface area contributed by atoms with Crippen LogP contribution in [0.4, 0.5) is 5.69 Å². The summed E-state index contributed by atoms with van der Waals surface area (Å²) in [5, 5.41) is 10.7. The lowest BCUT2D eigenvalue weighted by Gasteiger charge is -2.01. The quantitative estimate of drug-likeness (QED) is 0.332. The molecule has 1 rings (SSSR count). The predicted molar refractivity (Wildman–Crippen MR) is 67.4 cm³/mol. The van der Waals surface area contributed by atoms with Crippen LogP contribution < -0.4 is 0 Å². The lowest BCUT2D eigenvalue weighted by molar-refractivity contribution is -0.385. The molecule has 0 saturated heterocycles. The molecule has 1 aromatic rings. The Morgan fingerprint density at radius 3 is 2.73 bits per heavy atom. The summed E-state index contributed by atoms with van der Waals surface area (Å²) in [6.45, 7) is 2.10. The van der Waals surface area contributed by atoms with Crippen molar-refractivity contribution in [3.05, 3.63) is 39.9 Å². The minimum absolute atomic E-state index is 0.236. The largest absolute Gasteiger partial charge is 0.272 e. The normalized spacial score (nSPS) is 10.2. The Morgan fingerprint density at radius 1 is 1.33 bits per heavy atom. The predicted octanol–water partition coefficient (Wildman–Crippen LogP) is 3.54. The van der Waals surface area contributed by atoms with E-state index in [0.29, 0.717) is 0 Å². The van der Waals surface area contributed by atoms with Gasteiger partial charge in [-0.15, -0.1) is 0 Å². The Balaban J connectivity index is 2.56. The highest BCUT2D eigenvalue weighted by molar-refractivity contribution is 8.76. The molecule has 0 spiro atoms.